The van der Waals surface area contributed by atoms with Gasteiger partial charge in [0.2, 0.25) is 0 Å². The van der Waals surface area contributed by atoms with Crippen LogP contribution in [0.1, 0.15) is 15.9 Å². The van der Waals surface area contributed by atoms with E-state index in [1.165, 1.54) is 0 Å². The van der Waals surface area contributed by atoms with E-state index < -0.39 is 0 Å². The highest BCUT2D eigenvalue weighted by molar-refractivity contribution is 6.31. The molecule has 0 aliphatic rings. The minimum Gasteiger partial charge on any atom is -0.497 e. The predicted molar refractivity (Wildman–Crippen MR) is 85.1 cm³/mol. The van der Waals surface area contributed by atoms with Gasteiger partial charge in [0.25, 0.3) is 0 Å². The van der Waals surface area contributed by atoms with Crippen molar-refractivity contribution < 1.29 is 9.53 Å². The number of likely N-dealkylation sites (N-methyl/N-ethyl adjacent to an activating group) is 1. The molecule has 3 nitrogen and oxygen atoms in total. The second kappa shape index (κ2) is 7.25. The summed E-state index contributed by atoms with van der Waals surface area (Å²) in [6.45, 7) is 0.985. The first-order valence-corrected chi connectivity index (χ1v) is 7.07. The number of ketones is 1. The topological polar surface area (TPSA) is 29.5 Å². The third-order valence-corrected chi connectivity index (χ3v) is 3.59. The van der Waals surface area contributed by atoms with Gasteiger partial charge in [-0.3, -0.25) is 9.69 Å². The zero-order valence-electron chi connectivity index (χ0n) is 12.2. The van der Waals surface area contributed by atoms with Gasteiger partial charge in [-0.05, 0) is 42.9 Å². The summed E-state index contributed by atoms with van der Waals surface area (Å²) >= 11 is 6.13. The van der Waals surface area contributed by atoms with Gasteiger partial charge in [0.05, 0.1) is 13.7 Å². The second-order valence-corrected chi connectivity index (χ2v) is 5.32. The van der Waals surface area contributed by atoms with Crippen molar-refractivity contribution in [3.05, 3.63) is 64.7 Å². The van der Waals surface area contributed by atoms with Gasteiger partial charge in [-0.2, -0.15) is 0 Å². The number of carbonyl (C=O) groups is 1. The molecular weight excluding hydrogens is 286 g/mol. The summed E-state index contributed by atoms with van der Waals surface area (Å²) in [7, 11) is 3.51. The number of halogens is 1. The zero-order valence-corrected chi connectivity index (χ0v) is 12.9. The van der Waals surface area contributed by atoms with Gasteiger partial charge < -0.3 is 4.74 Å². The Morgan fingerprint density at radius 3 is 2.43 bits per heavy atom. The van der Waals surface area contributed by atoms with Gasteiger partial charge in [0.15, 0.2) is 5.78 Å². The minimum absolute atomic E-state index is 0.0761. The Morgan fingerprint density at radius 1 is 1.14 bits per heavy atom. The van der Waals surface area contributed by atoms with Crippen LogP contribution in [0.3, 0.4) is 0 Å². The summed E-state index contributed by atoms with van der Waals surface area (Å²) in [5, 5.41) is 0.723. The number of methoxy groups -OCH3 is 1. The average Bonchev–Trinajstić information content (AvgIpc) is 2.49. The molecule has 0 bridgehead atoms. The lowest BCUT2D eigenvalue weighted by atomic mass is 10.1. The smallest absolute Gasteiger partial charge is 0.176 e. The number of Topliss-reactive ketones (excluding diaryl/α,β-unsaturated/α-hetero) is 1. The van der Waals surface area contributed by atoms with E-state index in [0.717, 1.165) is 16.3 Å². The highest BCUT2D eigenvalue weighted by Crippen LogP contribution is 2.17. The maximum atomic E-state index is 12.2. The lowest BCUT2D eigenvalue weighted by Crippen LogP contribution is -2.25. The Hall–Kier alpha value is -1.84. The lowest BCUT2D eigenvalue weighted by molar-refractivity contribution is 0.0943. The molecule has 0 heterocycles. The van der Waals surface area contributed by atoms with E-state index in [1.807, 2.05) is 36.2 Å². The standard InChI is InChI=1S/C17H18ClNO2/c1-19(11-14-5-3-4-6-16(14)18)12-17(20)13-7-9-15(21-2)10-8-13/h3-10H,11-12H2,1-2H3. The molecule has 2 aromatic rings. The largest absolute Gasteiger partial charge is 0.497 e. The van der Waals surface area contributed by atoms with Gasteiger partial charge in [0.1, 0.15) is 5.75 Å². The van der Waals surface area contributed by atoms with Gasteiger partial charge in [-0.25, -0.2) is 0 Å². The van der Waals surface area contributed by atoms with Crippen LogP contribution in [-0.2, 0) is 6.54 Å². The normalized spacial score (nSPS) is 10.7. The molecule has 0 aromatic heterocycles. The quantitative estimate of drug-likeness (QED) is 0.763. The Morgan fingerprint density at radius 2 is 1.81 bits per heavy atom. The van der Waals surface area contributed by atoms with E-state index in [0.29, 0.717) is 18.7 Å². The van der Waals surface area contributed by atoms with Crippen LogP contribution in [-0.4, -0.2) is 31.4 Å². The van der Waals surface area contributed by atoms with Crippen molar-refractivity contribution in [1.29, 1.82) is 0 Å². The highest BCUT2D eigenvalue weighted by Gasteiger charge is 2.11. The number of hydrogen-bond acceptors (Lipinski definition) is 3. The molecule has 0 aliphatic heterocycles. The first-order chi connectivity index (χ1) is 10.1. The van der Waals surface area contributed by atoms with Gasteiger partial charge in [-0.1, -0.05) is 29.8 Å². The molecule has 0 atom stereocenters. The van der Waals surface area contributed by atoms with Crippen molar-refractivity contribution in [3.8, 4) is 5.75 Å². The number of benzene rings is 2. The number of nitrogens with zero attached hydrogens (tertiary/aromatic N) is 1. The Labute approximate surface area is 130 Å². The molecule has 0 saturated carbocycles. The molecule has 0 fully saturated rings. The number of hydrogen-bond donors (Lipinski definition) is 0. The summed E-state index contributed by atoms with van der Waals surface area (Å²) in [6.07, 6.45) is 0. The fourth-order valence-corrected chi connectivity index (χ4v) is 2.28. The number of rotatable bonds is 6. The summed E-state index contributed by atoms with van der Waals surface area (Å²) in [6, 6.07) is 14.8. The van der Waals surface area contributed by atoms with Crippen LogP contribution in [0.15, 0.2) is 48.5 Å². The van der Waals surface area contributed by atoms with Crippen LogP contribution >= 0.6 is 11.6 Å². The van der Waals surface area contributed by atoms with E-state index in [1.54, 1.807) is 31.4 Å². The number of carbonyl (C=O) groups excluding carboxylic acids is 1. The molecule has 2 aromatic carbocycles. The van der Waals surface area contributed by atoms with E-state index in [4.69, 9.17) is 16.3 Å². The van der Waals surface area contributed by atoms with Crippen molar-refractivity contribution in [2.24, 2.45) is 0 Å². The van der Waals surface area contributed by atoms with E-state index in [2.05, 4.69) is 0 Å². The van der Waals surface area contributed by atoms with Crippen molar-refractivity contribution in [2.75, 3.05) is 20.7 Å². The average molecular weight is 304 g/mol. The Balaban J connectivity index is 1.97. The maximum Gasteiger partial charge on any atom is 0.176 e. The molecular formula is C17H18ClNO2. The summed E-state index contributed by atoms with van der Waals surface area (Å²) in [4.78, 5) is 14.2. The second-order valence-electron chi connectivity index (χ2n) is 4.92. The van der Waals surface area contributed by atoms with Crippen LogP contribution < -0.4 is 4.74 Å². The molecule has 0 unspecified atom stereocenters. The van der Waals surface area contributed by atoms with Crippen LogP contribution in [0.4, 0.5) is 0 Å². The molecule has 0 N–H and O–H groups in total. The molecule has 0 radical (unpaired) electrons. The third-order valence-electron chi connectivity index (χ3n) is 3.22. The molecule has 2 rings (SSSR count). The molecule has 21 heavy (non-hydrogen) atoms. The van der Waals surface area contributed by atoms with Crippen LogP contribution in [0.5, 0.6) is 5.75 Å². The predicted octanol–water partition coefficient (Wildman–Crippen LogP) is 3.66. The van der Waals surface area contributed by atoms with Crippen molar-refractivity contribution in [3.63, 3.8) is 0 Å². The fraction of sp³-hybridized carbons (Fsp3) is 0.235. The fourth-order valence-electron chi connectivity index (χ4n) is 2.09. The van der Waals surface area contributed by atoms with Gasteiger partial charge >= 0.3 is 0 Å². The maximum absolute atomic E-state index is 12.2. The van der Waals surface area contributed by atoms with E-state index in [-0.39, 0.29) is 5.78 Å². The minimum atomic E-state index is 0.0761. The van der Waals surface area contributed by atoms with E-state index in [9.17, 15) is 4.79 Å². The molecule has 4 heteroatoms. The van der Waals surface area contributed by atoms with Crippen molar-refractivity contribution in [1.82, 2.24) is 4.90 Å². The molecule has 0 amide bonds. The van der Waals surface area contributed by atoms with Crippen molar-refractivity contribution in [2.45, 2.75) is 6.54 Å². The Bertz CT molecular complexity index is 610. The first kappa shape index (κ1) is 15.5. The molecule has 0 aliphatic carbocycles. The SMILES string of the molecule is COc1ccc(C(=O)CN(C)Cc2ccccc2Cl)cc1. The van der Waals surface area contributed by atoms with Gasteiger partial charge in [-0.15, -0.1) is 0 Å². The monoisotopic (exact) mass is 303 g/mol. The van der Waals surface area contributed by atoms with Crippen LogP contribution in [0.25, 0.3) is 0 Å². The molecule has 0 saturated heterocycles. The summed E-state index contributed by atoms with van der Waals surface area (Å²) in [5.41, 5.74) is 1.70. The number of ether oxygens (including phenoxy) is 1. The lowest BCUT2D eigenvalue weighted by Gasteiger charge is -2.16. The van der Waals surface area contributed by atoms with E-state index >= 15 is 0 Å². The van der Waals surface area contributed by atoms with Crippen molar-refractivity contribution >= 4 is 17.4 Å². The van der Waals surface area contributed by atoms with Crippen LogP contribution in [0.2, 0.25) is 5.02 Å². The summed E-state index contributed by atoms with van der Waals surface area (Å²) in [5.74, 6) is 0.822. The van der Waals surface area contributed by atoms with Gasteiger partial charge in [0, 0.05) is 17.1 Å². The first-order valence-electron chi connectivity index (χ1n) is 6.69. The molecule has 0 spiro atoms. The molecule has 110 valence electrons. The van der Waals surface area contributed by atoms with Crippen LogP contribution in [0, 0.1) is 0 Å². The third kappa shape index (κ3) is 4.31. The highest BCUT2D eigenvalue weighted by atomic mass is 35.5. The summed E-state index contributed by atoms with van der Waals surface area (Å²) < 4.78 is 5.09. The zero-order chi connectivity index (χ0) is 15.2. The Kier molecular flexibility index (Phi) is 5.37.